The number of hydrogen-bond donors (Lipinski definition) is 2. The second-order valence-corrected chi connectivity index (χ2v) is 5.35. The van der Waals surface area contributed by atoms with Gasteiger partial charge < -0.3 is 15.4 Å². The third kappa shape index (κ3) is 5.71. The SMILES string of the molecule is CCNc1nc(NCCN(C(C)C)C(C)C)nc(OC)n1. The molecule has 1 rings (SSSR count). The van der Waals surface area contributed by atoms with Crippen molar-refractivity contribution in [2.45, 2.75) is 46.7 Å². The molecule has 0 unspecified atom stereocenters. The summed E-state index contributed by atoms with van der Waals surface area (Å²) in [7, 11) is 1.55. The van der Waals surface area contributed by atoms with Crippen LogP contribution in [0.4, 0.5) is 11.9 Å². The summed E-state index contributed by atoms with van der Waals surface area (Å²) in [5.74, 6) is 1.06. The van der Waals surface area contributed by atoms with Crippen molar-refractivity contribution in [1.82, 2.24) is 19.9 Å². The Morgan fingerprint density at radius 1 is 1.00 bits per heavy atom. The fraction of sp³-hybridized carbons (Fsp3) is 0.786. The Kier molecular flexibility index (Phi) is 7.14. The van der Waals surface area contributed by atoms with Crippen molar-refractivity contribution in [3.63, 3.8) is 0 Å². The lowest BCUT2D eigenvalue weighted by Gasteiger charge is -2.30. The third-order valence-electron chi connectivity index (χ3n) is 3.11. The fourth-order valence-corrected chi connectivity index (χ4v) is 2.17. The van der Waals surface area contributed by atoms with E-state index in [0.717, 1.165) is 19.6 Å². The summed E-state index contributed by atoms with van der Waals surface area (Å²) in [5.41, 5.74) is 0. The largest absolute Gasteiger partial charge is 0.467 e. The monoisotopic (exact) mass is 296 g/mol. The van der Waals surface area contributed by atoms with Crippen molar-refractivity contribution in [2.75, 3.05) is 37.4 Å². The zero-order valence-corrected chi connectivity index (χ0v) is 14.0. The number of ether oxygens (including phenoxy) is 1. The predicted octanol–water partition coefficient (Wildman–Crippen LogP) is 1.84. The minimum absolute atomic E-state index is 0.313. The number of rotatable bonds is 9. The summed E-state index contributed by atoms with van der Waals surface area (Å²) in [4.78, 5) is 15.1. The molecule has 1 aromatic rings. The van der Waals surface area contributed by atoms with E-state index in [2.05, 4.69) is 58.2 Å². The van der Waals surface area contributed by atoms with Crippen LogP contribution in [0.15, 0.2) is 0 Å². The Hall–Kier alpha value is -1.63. The van der Waals surface area contributed by atoms with Gasteiger partial charge in [0.25, 0.3) is 0 Å². The van der Waals surface area contributed by atoms with Crippen LogP contribution in [0.1, 0.15) is 34.6 Å². The normalized spacial score (nSPS) is 11.3. The highest BCUT2D eigenvalue weighted by atomic mass is 16.5. The van der Waals surface area contributed by atoms with Crippen LogP contribution in [0, 0.1) is 0 Å². The van der Waals surface area contributed by atoms with Crippen molar-refractivity contribution in [3.05, 3.63) is 0 Å². The minimum atomic E-state index is 0.313. The Morgan fingerprint density at radius 3 is 2.05 bits per heavy atom. The molecule has 0 aliphatic carbocycles. The molecule has 1 heterocycles. The topological polar surface area (TPSA) is 75.2 Å². The first kappa shape index (κ1) is 17.4. The van der Waals surface area contributed by atoms with E-state index in [0.29, 0.717) is 30.0 Å². The van der Waals surface area contributed by atoms with E-state index in [1.165, 1.54) is 0 Å². The van der Waals surface area contributed by atoms with Gasteiger partial charge in [-0.3, -0.25) is 4.90 Å². The lowest BCUT2D eigenvalue weighted by molar-refractivity contribution is 0.182. The van der Waals surface area contributed by atoms with Gasteiger partial charge in [0.05, 0.1) is 7.11 Å². The quantitative estimate of drug-likeness (QED) is 0.720. The van der Waals surface area contributed by atoms with E-state index in [4.69, 9.17) is 4.74 Å². The van der Waals surface area contributed by atoms with Crippen LogP contribution in [0.2, 0.25) is 0 Å². The van der Waals surface area contributed by atoms with E-state index in [1.54, 1.807) is 7.11 Å². The molecule has 7 nitrogen and oxygen atoms in total. The maximum absolute atomic E-state index is 5.09. The molecule has 21 heavy (non-hydrogen) atoms. The molecule has 0 radical (unpaired) electrons. The van der Waals surface area contributed by atoms with Crippen LogP contribution < -0.4 is 15.4 Å². The Labute approximate surface area is 127 Å². The summed E-state index contributed by atoms with van der Waals surface area (Å²) < 4.78 is 5.09. The molecule has 0 saturated heterocycles. The second-order valence-electron chi connectivity index (χ2n) is 5.35. The molecule has 0 aliphatic rings. The van der Waals surface area contributed by atoms with E-state index in [9.17, 15) is 0 Å². The first-order valence-corrected chi connectivity index (χ1v) is 7.51. The third-order valence-corrected chi connectivity index (χ3v) is 3.11. The van der Waals surface area contributed by atoms with Crippen molar-refractivity contribution in [1.29, 1.82) is 0 Å². The van der Waals surface area contributed by atoms with Gasteiger partial charge in [-0.05, 0) is 34.6 Å². The highest BCUT2D eigenvalue weighted by Crippen LogP contribution is 2.11. The van der Waals surface area contributed by atoms with Crippen molar-refractivity contribution in [3.8, 4) is 6.01 Å². The van der Waals surface area contributed by atoms with Crippen LogP contribution in [-0.2, 0) is 0 Å². The lowest BCUT2D eigenvalue weighted by atomic mass is 10.2. The first-order valence-electron chi connectivity index (χ1n) is 7.51. The van der Waals surface area contributed by atoms with Gasteiger partial charge in [-0.2, -0.15) is 15.0 Å². The van der Waals surface area contributed by atoms with Crippen molar-refractivity contribution in [2.24, 2.45) is 0 Å². The molecular formula is C14H28N6O. The average Bonchev–Trinajstić information content (AvgIpc) is 2.42. The smallest absolute Gasteiger partial charge is 0.322 e. The van der Waals surface area contributed by atoms with Crippen LogP contribution in [0.25, 0.3) is 0 Å². The van der Waals surface area contributed by atoms with Crippen LogP contribution in [-0.4, -0.2) is 58.7 Å². The molecular weight excluding hydrogens is 268 g/mol. The van der Waals surface area contributed by atoms with Gasteiger partial charge >= 0.3 is 6.01 Å². The lowest BCUT2D eigenvalue weighted by Crippen LogP contribution is -2.40. The standard InChI is InChI=1S/C14H28N6O/c1-7-15-12-17-13(19-14(18-12)21-6)16-8-9-20(10(2)3)11(4)5/h10-11H,7-9H2,1-6H3,(H2,15,16,17,18,19). The summed E-state index contributed by atoms with van der Waals surface area (Å²) in [5, 5.41) is 6.30. The Bertz CT molecular complexity index is 416. The number of nitrogens with zero attached hydrogens (tertiary/aromatic N) is 4. The van der Waals surface area contributed by atoms with Crippen LogP contribution in [0.3, 0.4) is 0 Å². The highest BCUT2D eigenvalue weighted by molar-refractivity contribution is 5.35. The maximum Gasteiger partial charge on any atom is 0.322 e. The predicted molar refractivity (Wildman–Crippen MR) is 86.0 cm³/mol. The van der Waals surface area contributed by atoms with Gasteiger partial charge in [-0.25, -0.2) is 0 Å². The molecule has 120 valence electrons. The Balaban J connectivity index is 2.63. The number of aromatic nitrogens is 3. The molecule has 0 aromatic carbocycles. The molecule has 0 amide bonds. The molecule has 0 spiro atoms. The van der Waals surface area contributed by atoms with Crippen molar-refractivity contribution >= 4 is 11.9 Å². The fourth-order valence-electron chi connectivity index (χ4n) is 2.17. The van der Waals surface area contributed by atoms with E-state index in [-0.39, 0.29) is 0 Å². The summed E-state index contributed by atoms with van der Waals surface area (Å²) in [6.07, 6.45) is 0. The van der Waals surface area contributed by atoms with Gasteiger partial charge in [-0.1, -0.05) is 0 Å². The zero-order chi connectivity index (χ0) is 15.8. The molecule has 0 aliphatic heterocycles. The average molecular weight is 296 g/mol. The maximum atomic E-state index is 5.09. The summed E-state index contributed by atoms with van der Waals surface area (Å²) in [6, 6.07) is 1.34. The number of methoxy groups -OCH3 is 1. The van der Waals surface area contributed by atoms with E-state index in [1.807, 2.05) is 6.92 Å². The molecule has 0 fully saturated rings. The molecule has 2 N–H and O–H groups in total. The molecule has 0 saturated carbocycles. The number of anilines is 2. The molecule has 7 heteroatoms. The molecule has 0 bridgehead atoms. The van der Waals surface area contributed by atoms with Crippen LogP contribution in [0.5, 0.6) is 6.01 Å². The Morgan fingerprint density at radius 2 is 1.57 bits per heavy atom. The molecule has 1 aromatic heterocycles. The number of nitrogens with one attached hydrogen (secondary N) is 2. The van der Waals surface area contributed by atoms with Crippen molar-refractivity contribution < 1.29 is 4.74 Å². The molecule has 0 atom stereocenters. The highest BCUT2D eigenvalue weighted by Gasteiger charge is 2.13. The minimum Gasteiger partial charge on any atom is -0.467 e. The summed E-state index contributed by atoms with van der Waals surface area (Å²) in [6.45, 7) is 13.3. The van der Waals surface area contributed by atoms with Gasteiger partial charge in [0, 0.05) is 31.7 Å². The van der Waals surface area contributed by atoms with Gasteiger partial charge in [0.1, 0.15) is 0 Å². The summed E-state index contributed by atoms with van der Waals surface area (Å²) >= 11 is 0. The van der Waals surface area contributed by atoms with E-state index >= 15 is 0 Å². The first-order chi connectivity index (χ1) is 9.97. The van der Waals surface area contributed by atoms with Gasteiger partial charge in [0.15, 0.2) is 0 Å². The number of hydrogen-bond acceptors (Lipinski definition) is 7. The van der Waals surface area contributed by atoms with E-state index < -0.39 is 0 Å². The van der Waals surface area contributed by atoms with Crippen LogP contribution >= 0.6 is 0 Å². The van der Waals surface area contributed by atoms with Gasteiger partial charge in [0.2, 0.25) is 11.9 Å². The zero-order valence-electron chi connectivity index (χ0n) is 14.0. The van der Waals surface area contributed by atoms with Gasteiger partial charge in [-0.15, -0.1) is 0 Å². The second kappa shape index (κ2) is 8.61.